The lowest BCUT2D eigenvalue weighted by molar-refractivity contribution is 0.318. The van der Waals surface area contributed by atoms with Gasteiger partial charge >= 0.3 is 0 Å². The molecule has 0 aromatic heterocycles. The zero-order valence-corrected chi connectivity index (χ0v) is 16.8. The van der Waals surface area contributed by atoms with E-state index in [0.717, 1.165) is 49.9 Å². The highest BCUT2D eigenvalue weighted by atomic mass is 16.4. The fraction of sp³-hybridized carbons (Fsp3) is 0.789. The predicted octanol–water partition coefficient (Wildman–Crippen LogP) is 4.98. The van der Waals surface area contributed by atoms with E-state index < -0.39 is 0 Å². The third-order valence-corrected chi connectivity index (χ3v) is 4.10. The van der Waals surface area contributed by atoms with Gasteiger partial charge < -0.3 is 10.4 Å². The van der Waals surface area contributed by atoms with Crippen molar-refractivity contribution in [2.75, 3.05) is 13.1 Å². The molecule has 2 N–H and O–H groups in total. The minimum atomic E-state index is -0.126. The van der Waals surface area contributed by atoms with Gasteiger partial charge in [0, 0.05) is 18.5 Å². The molecule has 0 bridgehead atoms. The first-order chi connectivity index (χ1) is 11.8. The van der Waals surface area contributed by atoms with Gasteiger partial charge in [0.25, 0.3) is 0 Å². The standard InChI is InChI=1S/C19H36N4O2/c1-7-9-11-17(22-24)15(3)20-13-19(5,6)14-21-16(4)18(23-25)12-10-8-2/h24-25H,7-14H2,1-6H3/b20-15?,21-16?,22-17+,23-18+. The van der Waals surface area contributed by atoms with Crippen molar-refractivity contribution in [3.05, 3.63) is 0 Å². The first-order valence-corrected chi connectivity index (χ1v) is 9.26. The summed E-state index contributed by atoms with van der Waals surface area (Å²) in [7, 11) is 0. The Morgan fingerprint density at radius 1 is 0.760 bits per heavy atom. The van der Waals surface area contributed by atoms with Crippen molar-refractivity contribution < 1.29 is 10.4 Å². The summed E-state index contributed by atoms with van der Waals surface area (Å²) in [5.41, 5.74) is 2.76. The minimum absolute atomic E-state index is 0.126. The van der Waals surface area contributed by atoms with E-state index in [1.54, 1.807) is 0 Å². The average Bonchev–Trinajstić information content (AvgIpc) is 2.59. The van der Waals surface area contributed by atoms with Gasteiger partial charge in [0.05, 0.1) is 11.4 Å². The van der Waals surface area contributed by atoms with Crippen LogP contribution in [0.1, 0.15) is 80.1 Å². The second kappa shape index (κ2) is 12.6. The van der Waals surface area contributed by atoms with E-state index in [-0.39, 0.29) is 5.41 Å². The number of hydrogen-bond donors (Lipinski definition) is 2. The molecule has 0 aliphatic rings. The van der Waals surface area contributed by atoms with E-state index in [9.17, 15) is 0 Å². The molecular formula is C19H36N4O2. The zero-order valence-electron chi connectivity index (χ0n) is 16.8. The summed E-state index contributed by atoms with van der Waals surface area (Å²) in [6.07, 6.45) is 5.57. The van der Waals surface area contributed by atoms with Crippen LogP contribution in [0.25, 0.3) is 0 Å². The lowest BCUT2D eigenvalue weighted by Crippen LogP contribution is -2.23. The van der Waals surface area contributed by atoms with Gasteiger partial charge in [-0.3, -0.25) is 9.98 Å². The molecule has 0 unspecified atom stereocenters. The van der Waals surface area contributed by atoms with Gasteiger partial charge in [0.1, 0.15) is 11.4 Å². The van der Waals surface area contributed by atoms with Gasteiger partial charge in [-0.2, -0.15) is 0 Å². The van der Waals surface area contributed by atoms with Gasteiger partial charge in [-0.15, -0.1) is 0 Å². The van der Waals surface area contributed by atoms with Crippen molar-refractivity contribution in [2.45, 2.75) is 80.1 Å². The molecule has 0 rings (SSSR count). The lowest BCUT2D eigenvalue weighted by Gasteiger charge is -2.21. The van der Waals surface area contributed by atoms with E-state index in [2.05, 4.69) is 48.0 Å². The van der Waals surface area contributed by atoms with Crippen LogP contribution in [-0.4, -0.2) is 46.4 Å². The Balaban J connectivity index is 4.81. The van der Waals surface area contributed by atoms with Crippen LogP contribution < -0.4 is 0 Å². The number of nitrogens with zero attached hydrogens (tertiary/aromatic N) is 4. The Kier molecular flexibility index (Phi) is 11.7. The maximum absolute atomic E-state index is 9.14. The van der Waals surface area contributed by atoms with E-state index in [4.69, 9.17) is 10.4 Å². The first kappa shape index (κ1) is 23.3. The zero-order chi connectivity index (χ0) is 19.3. The largest absolute Gasteiger partial charge is 0.411 e. The number of unbranched alkanes of at least 4 members (excludes halogenated alkanes) is 2. The maximum atomic E-state index is 9.14. The summed E-state index contributed by atoms with van der Waals surface area (Å²) < 4.78 is 0. The number of rotatable bonds is 12. The average molecular weight is 353 g/mol. The quantitative estimate of drug-likeness (QED) is 0.295. The van der Waals surface area contributed by atoms with Gasteiger partial charge in [-0.05, 0) is 39.5 Å². The fourth-order valence-electron chi connectivity index (χ4n) is 2.19. The van der Waals surface area contributed by atoms with Crippen molar-refractivity contribution in [3.63, 3.8) is 0 Å². The molecule has 6 nitrogen and oxygen atoms in total. The third-order valence-electron chi connectivity index (χ3n) is 4.10. The highest BCUT2D eigenvalue weighted by Crippen LogP contribution is 2.17. The van der Waals surface area contributed by atoms with E-state index in [0.29, 0.717) is 24.5 Å². The van der Waals surface area contributed by atoms with Crippen molar-refractivity contribution in [1.29, 1.82) is 0 Å². The van der Waals surface area contributed by atoms with Gasteiger partial charge in [0.2, 0.25) is 0 Å². The molecule has 6 heteroatoms. The van der Waals surface area contributed by atoms with E-state index in [1.807, 2.05) is 13.8 Å². The molecular weight excluding hydrogens is 316 g/mol. The van der Waals surface area contributed by atoms with Crippen LogP contribution in [0.3, 0.4) is 0 Å². The summed E-state index contributed by atoms with van der Waals surface area (Å²) >= 11 is 0. The van der Waals surface area contributed by atoms with Crippen LogP contribution in [0.4, 0.5) is 0 Å². The van der Waals surface area contributed by atoms with Crippen LogP contribution in [0.15, 0.2) is 20.3 Å². The molecule has 0 aromatic carbocycles. The Labute approximate surface area is 152 Å². The smallest absolute Gasteiger partial charge is 0.100 e. The second-order valence-electron chi connectivity index (χ2n) is 7.27. The van der Waals surface area contributed by atoms with Crippen molar-refractivity contribution in [3.8, 4) is 0 Å². The molecule has 0 aromatic rings. The van der Waals surface area contributed by atoms with E-state index in [1.165, 1.54) is 0 Å². The summed E-state index contributed by atoms with van der Waals surface area (Å²) in [5, 5.41) is 25.0. The third kappa shape index (κ3) is 9.99. The van der Waals surface area contributed by atoms with Crippen LogP contribution in [0.2, 0.25) is 0 Å². The minimum Gasteiger partial charge on any atom is -0.411 e. The Bertz CT molecular complexity index is 462. The Hall–Kier alpha value is -1.72. The summed E-state index contributed by atoms with van der Waals surface area (Å²) in [5.74, 6) is 0. The molecule has 0 fully saturated rings. The normalized spacial score (nSPS) is 15.0. The molecule has 0 aliphatic carbocycles. The number of hydrogen-bond acceptors (Lipinski definition) is 6. The highest BCUT2D eigenvalue weighted by molar-refractivity contribution is 6.41. The van der Waals surface area contributed by atoms with Crippen LogP contribution in [-0.2, 0) is 0 Å². The topological polar surface area (TPSA) is 89.9 Å². The molecule has 0 amide bonds. The van der Waals surface area contributed by atoms with Gasteiger partial charge in [-0.25, -0.2) is 0 Å². The second-order valence-corrected chi connectivity index (χ2v) is 7.27. The fourth-order valence-corrected chi connectivity index (χ4v) is 2.19. The Morgan fingerprint density at radius 2 is 1.12 bits per heavy atom. The van der Waals surface area contributed by atoms with Crippen molar-refractivity contribution >= 4 is 22.8 Å². The predicted molar refractivity (Wildman–Crippen MR) is 107 cm³/mol. The molecule has 0 heterocycles. The van der Waals surface area contributed by atoms with Crippen molar-refractivity contribution in [2.24, 2.45) is 25.7 Å². The summed E-state index contributed by atoms with van der Waals surface area (Å²) in [4.78, 5) is 9.18. The molecule has 25 heavy (non-hydrogen) atoms. The molecule has 0 saturated heterocycles. The molecule has 0 radical (unpaired) electrons. The monoisotopic (exact) mass is 352 g/mol. The molecule has 144 valence electrons. The summed E-state index contributed by atoms with van der Waals surface area (Å²) in [6.45, 7) is 13.4. The molecule has 0 saturated carbocycles. The SMILES string of the molecule is CCCC/C(=N\O)C(C)=NCC(C)(C)CN=C(C)/C(CCCC)=N/O. The van der Waals surface area contributed by atoms with Crippen LogP contribution >= 0.6 is 0 Å². The first-order valence-electron chi connectivity index (χ1n) is 9.26. The number of aliphatic imine (C=N–C) groups is 2. The van der Waals surface area contributed by atoms with Crippen LogP contribution in [0, 0.1) is 5.41 Å². The Morgan fingerprint density at radius 3 is 1.40 bits per heavy atom. The van der Waals surface area contributed by atoms with Gasteiger partial charge in [-0.1, -0.05) is 50.8 Å². The van der Waals surface area contributed by atoms with Gasteiger partial charge in [0.15, 0.2) is 0 Å². The van der Waals surface area contributed by atoms with E-state index >= 15 is 0 Å². The number of oxime groups is 2. The lowest BCUT2D eigenvalue weighted by atomic mass is 9.93. The summed E-state index contributed by atoms with van der Waals surface area (Å²) in [6, 6.07) is 0. The van der Waals surface area contributed by atoms with Crippen molar-refractivity contribution in [1.82, 2.24) is 0 Å². The molecule has 0 spiro atoms. The van der Waals surface area contributed by atoms with Crippen LogP contribution in [0.5, 0.6) is 0 Å². The highest BCUT2D eigenvalue weighted by Gasteiger charge is 2.18. The molecule has 0 aliphatic heterocycles. The maximum Gasteiger partial charge on any atom is 0.100 e. The molecule has 0 atom stereocenters.